The highest BCUT2D eigenvalue weighted by Crippen LogP contribution is 2.36. The van der Waals surface area contributed by atoms with Gasteiger partial charge in [-0.25, -0.2) is 4.98 Å². The van der Waals surface area contributed by atoms with E-state index in [1.165, 1.54) is 0 Å². The second-order valence-electron chi connectivity index (χ2n) is 8.73. The fourth-order valence-corrected chi connectivity index (χ4v) is 3.96. The van der Waals surface area contributed by atoms with Crippen LogP contribution in [0.1, 0.15) is 32.8 Å². The minimum Gasteiger partial charge on any atom is -0.368 e. The molecule has 152 valence electrons. The topological polar surface area (TPSA) is 69.6 Å². The van der Waals surface area contributed by atoms with Gasteiger partial charge in [0.15, 0.2) is 5.82 Å². The monoisotopic (exact) mass is 411 g/mol. The van der Waals surface area contributed by atoms with Gasteiger partial charge in [-0.3, -0.25) is 9.79 Å². The van der Waals surface area contributed by atoms with Crippen molar-refractivity contribution < 1.29 is 4.79 Å². The quantitative estimate of drug-likeness (QED) is 0.784. The van der Waals surface area contributed by atoms with Crippen LogP contribution in [0.5, 0.6) is 0 Å². The van der Waals surface area contributed by atoms with E-state index in [9.17, 15) is 4.79 Å². The summed E-state index contributed by atoms with van der Waals surface area (Å²) in [6.45, 7) is 7.46. The Morgan fingerprint density at radius 3 is 2.76 bits per heavy atom. The highest BCUT2D eigenvalue weighted by molar-refractivity contribution is 6.30. The van der Waals surface area contributed by atoms with Gasteiger partial charge in [-0.05, 0) is 57.0 Å². The molecule has 1 atom stereocenters. The largest absolute Gasteiger partial charge is 0.368 e. The minimum absolute atomic E-state index is 0.109. The van der Waals surface area contributed by atoms with E-state index < -0.39 is 5.54 Å². The molecule has 1 unspecified atom stereocenters. The lowest BCUT2D eigenvalue weighted by Crippen LogP contribution is -2.55. The molecule has 1 spiro atoms. The number of pyridine rings is 1. The lowest BCUT2D eigenvalue weighted by atomic mass is 9.93. The number of fused-ring (bicyclic) bond motifs is 1. The Bertz CT molecular complexity index is 950. The van der Waals surface area contributed by atoms with Gasteiger partial charge in [-0.15, -0.1) is 0 Å². The van der Waals surface area contributed by atoms with Crippen LogP contribution in [0.4, 0.5) is 11.5 Å². The molecule has 1 aromatic carbocycles. The van der Waals surface area contributed by atoms with Gasteiger partial charge in [0.25, 0.3) is 0 Å². The second kappa shape index (κ2) is 7.34. The number of amides is 1. The summed E-state index contributed by atoms with van der Waals surface area (Å²) < 4.78 is 0. The normalized spacial score (nSPS) is 22.3. The SMILES string of the molecule is CC(C)(C)N=C1Nc2ncccc2NC12CCN(C(=O)Cc1ccc(Cl)cc1)C2. The maximum absolute atomic E-state index is 13.0. The van der Waals surface area contributed by atoms with Gasteiger partial charge < -0.3 is 15.5 Å². The zero-order valence-electron chi connectivity index (χ0n) is 17.0. The first kappa shape index (κ1) is 19.7. The Hall–Kier alpha value is -2.60. The molecule has 3 heterocycles. The van der Waals surface area contributed by atoms with Gasteiger partial charge in [0.1, 0.15) is 11.4 Å². The Morgan fingerprint density at radius 1 is 1.28 bits per heavy atom. The van der Waals surface area contributed by atoms with Crippen LogP contribution in [0.15, 0.2) is 47.6 Å². The van der Waals surface area contributed by atoms with Gasteiger partial charge in [-0.1, -0.05) is 23.7 Å². The van der Waals surface area contributed by atoms with Crippen molar-refractivity contribution in [2.24, 2.45) is 4.99 Å². The lowest BCUT2D eigenvalue weighted by molar-refractivity contribution is -0.129. The van der Waals surface area contributed by atoms with E-state index in [-0.39, 0.29) is 11.4 Å². The third-order valence-electron chi connectivity index (χ3n) is 5.21. The average Bonchev–Trinajstić information content (AvgIpc) is 3.08. The summed E-state index contributed by atoms with van der Waals surface area (Å²) >= 11 is 5.95. The number of aromatic nitrogens is 1. The number of hydrogen-bond donors (Lipinski definition) is 2. The van der Waals surface area contributed by atoms with E-state index >= 15 is 0 Å². The molecule has 1 saturated heterocycles. The van der Waals surface area contributed by atoms with E-state index in [1.807, 2.05) is 41.3 Å². The van der Waals surface area contributed by atoms with Crippen molar-refractivity contribution in [2.45, 2.75) is 44.7 Å². The molecule has 7 heteroatoms. The molecule has 1 fully saturated rings. The maximum atomic E-state index is 13.0. The number of carbonyl (C=O) groups is 1. The van der Waals surface area contributed by atoms with Crippen molar-refractivity contribution in [1.82, 2.24) is 9.88 Å². The van der Waals surface area contributed by atoms with Crippen LogP contribution in [0.2, 0.25) is 5.02 Å². The number of nitrogens with zero attached hydrogens (tertiary/aromatic N) is 3. The van der Waals surface area contributed by atoms with E-state index in [4.69, 9.17) is 16.6 Å². The summed E-state index contributed by atoms with van der Waals surface area (Å²) in [5.41, 5.74) is 1.23. The standard InChI is InChI=1S/C22H26ClN5O/c1-21(2,3)27-20-22(26-17-5-4-11-24-19(17)25-20)10-12-28(14-22)18(29)13-15-6-8-16(23)9-7-15/h4-9,11,26H,10,12-14H2,1-3H3,(H,24,25,27). The minimum atomic E-state index is -0.432. The van der Waals surface area contributed by atoms with Gasteiger partial charge >= 0.3 is 0 Å². The van der Waals surface area contributed by atoms with Crippen LogP contribution >= 0.6 is 11.6 Å². The fourth-order valence-electron chi connectivity index (χ4n) is 3.83. The highest BCUT2D eigenvalue weighted by atomic mass is 35.5. The molecule has 0 radical (unpaired) electrons. The van der Waals surface area contributed by atoms with Crippen LogP contribution in [0.3, 0.4) is 0 Å². The summed E-state index contributed by atoms with van der Waals surface area (Å²) in [6.07, 6.45) is 2.91. The summed E-state index contributed by atoms with van der Waals surface area (Å²) in [5.74, 6) is 1.73. The van der Waals surface area contributed by atoms with Crippen LogP contribution in [0.25, 0.3) is 0 Å². The highest BCUT2D eigenvalue weighted by Gasteiger charge is 2.47. The van der Waals surface area contributed by atoms with Crippen molar-refractivity contribution >= 4 is 34.8 Å². The van der Waals surface area contributed by atoms with Crippen LogP contribution in [0, 0.1) is 0 Å². The smallest absolute Gasteiger partial charge is 0.227 e. The van der Waals surface area contributed by atoms with Crippen LogP contribution < -0.4 is 10.6 Å². The number of aliphatic imine (C=N–C) groups is 1. The molecule has 2 aromatic rings. The second-order valence-corrected chi connectivity index (χ2v) is 9.17. The number of rotatable bonds is 2. The summed E-state index contributed by atoms with van der Waals surface area (Å²) in [6, 6.07) is 11.4. The molecular formula is C22H26ClN5O. The number of halogens is 1. The Kier molecular flexibility index (Phi) is 4.99. The number of amidine groups is 1. The summed E-state index contributed by atoms with van der Waals surface area (Å²) in [4.78, 5) is 24.2. The summed E-state index contributed by atoms with van der Waals surface area (Å²) in [7, 11) is 0. The molecule has 0 saturated carbocycles. The Balaban J connectivity index is 1.58. The van der Waals surface area contributed by atoms with Crippen molar-refractivity contribution in [1.29, 1.82) is 0 Å². The number of likely N-dealkylation sites (tertiary alicyclic amines) is 1. The first-order valence-electron chi connectivity index (χ1n) is 9.87. The lowest BCUT2D eigenvalue weighted by Gasteiger charge is -2.39. The first-order chi connectivity index (χ1) is 13.7. The maximum Gasteiger partial charge on any atom is 0.227 e. The number of anilines is 2. The van der Waals surface area contributed by atoms with E-state index in [2.05, 4.69) is 36.4 Å². The zero-order chi connectivity index (χ0) is 20.6. The van der Waals surface area contributed by atoms with Crippen LogP contribution in [-0.4, -0.2) is 45.8 Å². The number of nitrogens with one attached hydrogen (secondary N) is 2. The Morgan fingerprint density at radius 2 is 2.03 bits per heavy atom. The van der Waals surface area contributed by atoms with E-state index in [1.54, 1.807) is 6.20 Å². The molecular weight excluding hydrogens is 386 g/mol. The zero-order valence-corrected chi connectivity index (χ0v) is 17.8. The number of hydrogen-bond acceptors (Lipinski definition) is 4. The van der Waals surface area contributed by atoms with Gasteiger partial charge in [0, 0.05) is 17.8 Å². The predicted molar refractivity (Wildman–Crippen MR) is 118 cm³/mol. The van der Waals surface area contributed by atoms with Crippen molar-refractivity contribution in [3.63, 3.8) is 0 Å². The fraction of sp³-hybridized carbons (Fsp3) is 0.409. The van der Waals surface area contributed by atoms with Gasteiger partial charge in [0.2, 0.25) is 5.91 Å². The van der Waals surface area contributed by atoms with Gasteiger partial charge in [-0.2, -0.15) is 0 Å². The molecule has 1 aromatic heterocycles. The van der Waals surface area contributed by atoms with Crippen molar-refractivity contribution in [2.75, 3.05) is 23.7 Å². The average molecular weight is 412 g/mol. The van der Waals surface area contributed by atoms with E-state index in [0.717, 1.165) is 29.3 Å². The molecule has 1 amide bonds. The van der Waals surface area contributed by atoms with Crippen LogP contribution in [-0.2, 0) is 11.2 Å². The molecule has 2 N–H and O–H groups in total. The molecule has 0 aliphatic carbocycles. The molecule has 4 rings (SSSR count). The van der Waals surface area contributed by atoms with E-state index in [0.29, 0.717) is 24.5 Å². The molecule has 2 aliphatic rings. The van der Waals surface area contributed by atoms with Gasteiger partial charge in [0.05, 0.1) is 24.2 Å². The predicted octanol–water partition coefficient (Wildman–Crippen LogP) is 3.98. The summed E-state index contributed by atoms with van der Waals surface area (Å²) in [5, 5.41) is 7.73. The molecule has 29 heavy (non-hydrogen) atoms. The number of carbonyl (C=O) groups excluding carboxylic acids is 1. The number of benzene rings is 1. The Labute approximate surface area is 176 Å². The molecule has 6 nitrogen and oxygen atoms in total. The third kappa shape index (κ3) is 4.22. The third-order valence-corrected chi connectivity index (χ3v) is 5.46. The van der Waals surface area contributed by atoms with Crippen molar-refractivity contribution in [3.05, 3.63) is 53.2 Å². The first-order valence-corrected chi connectivity index (χ1v) is 10.2. The van der Waals surface area contributed by atoms with Crippen molar-refractivity contribution in [3.8, 4) is 0 Å². The molecule has 2 aliphatic heterocycles. The molecule has 0 bridgehead atoms.